The predicted molar refractivity (Wildman–Crippen MR) is 73.6 cm³/mol. The Kier molecular flexibility index (Phi) is 8.71. The molecule has 0 aliphatic carbocycles. The van der Waals surface area contributed by atoms with Crippen molar-refractivity contribution in [3.05, 3.63) is 0 Å². The second-order valence-corrected chi connectivity index (χ2v) is 6.86. The summed E-state index contributed by atoms with van der Waals surface area (Å²) in [5.74, 6) is 0. The molecule has 0 aromatic heterocycles. The van der Waals surface area contributed by atoms with E-state index in [0.29, 0.717) is 26.3 Å². The third-order valence-electron chi connectivity index (χ3n) is 2.15. The molecule has 8 heteroatoms. The first-order valence-electron chi connectivity index (χ1n) is 6.11. The van der Waals surface area contributed by atoms with Crippen molar-refractivity contribution in [3.8, 4) is 0 Å². The highest BCUT2D eigenvalue weighted by atomic mass is 32.2. The SMILES string of the molecule is COCCOCC(O)CNCC(C)(C)NS(C)(=O)=O. The molecule has 0 aliphatic heterocycles. The van der Waals surface area contributed by atoms with E-state index in [4.69, 9.17) is 9.47 Å². The maximum atomic E-state index is 11.1. The quantitative estimate of drug-likeness (QED) is 0.420. The van der Waals surface area contributed by atoms with Crippen molar-refractivity contribution in [1.29, 1.82) is 0 Å². The molecule has 0 rings (SSSR count). The highest BCUT2D eigenvalue weighted by Crippen LogP contribution is 2.01. The average Bonchev–Trinajstić information content (AvgIpc) is 2.20. The molecule has 0 saturated carbocycles. The summed E-state index contributed by atoms with van der Waals surface area (Å²) in [6, 6.07) is 0. The molecule has 7 nitrogen and oxygen atoms in total. The fourth-order valence-corrected chi connectivity index (χ4v) is 2.59. The number of hydrogen-bond acceptors (Lipinski definition) is 6. The van der Waals surface area contributed by atoms with Crippen LogP contribution in [0.15, 0.2) is 0 Å². The third-order valence-corrected chi connectivity index (χ3v) is 3.07. The molecule has 0 aliphatic rings. The van der Waals surface area contributed by atoms with Gasteiger partial charge in [0.2, 0.25) is 10.0 Å². The average molecular weight is 298 g/mol. The van der Waals surface area contributed by atoms with Gasteiger partial charge in [-0.2, -0.15) is 0 Å². The maximum absolute atomic E-state index is 11.1. The van der Waals surface area contributed by atoms with E-state index in [-0.39, 0.29) is 6.61 Å². The molecule has 0 spiro atoms. The minimum absolute atomic E-state index is 0.219. The molecule has 0 fully saturated rings. The van der Waals surface area contributed by atoms with Gasteiger partial charge in [0.15, 0.2) is 0 Å². The van der Waals surface area contributed by atoms with Crippen molar-refractivity contribution >= 4 is 10.0 Å². The molecule has 1 unspecified atom stereocenters. The first-order valence-corrected chi connectivity index (χ1v) is 8.00. The van der Waals surface area contributed by atoms with Crippen LogP contribution < -0.4 is 10.0 Å². The lowest BCUT2D eigenvalue weighted by Gasteiger charge is -2.26. The largest absolute Gasteiger partial charge is 0.389 e. The summed E-state index contributed by atoms with van der Waals surface area (Å²) < 4.78 is 34.7. The molecular weight excluding hydrogens is 272 g/mol. The van der Waals surface area contributed by atoms with Crippen molar-refractivity contribution in [2.45, 2.75) is 25.5 Å². The lowest BCUT2D eigenvalue weighted by atomic mass is 10.1. The van der Waals surface area contributed by atoms with Crippen molar-refractivity contribution in [2.24, 2.45) is 0 Å². The second kappa shape index (κ2) is 8.83. The lowest BCUT2D eigenvalue weighted by molar-refractivity contribution is 0.0135. The summed E-state index contributed by atoms with van der Waals surface area (Å²) >= 11 is 0. The van der Waals surface area contributed by atoms with Crippen LogP contribution in [-0.4, -0.2) is 71.4 Å². The molecular formula is C11H26N2O5S. The second-order valence-electron chi connectivity index (χ2n) is 5.11. The number of hydrogen-bond donors (Lipinski definition) is 3. The fraction of sp³-hybridized carbons (Fsp3) is 1.00. The maximum Gasteiger partial charge on any atom is 0.209 e. The zero-order chi connectivity index (χ0) is 14.9. The standard InChI is InChI=1S/C11H26N2O5S/c1-11(2,13-19(4,15)16)9-12-7-10(14)8-18-6-5-17-3/h10,12-14H,5-9H2,1-4H3. The van der Waals surface area contributed by atoms with Gasteiger partial charge in [0, 0.05) is 25.7 Å². The highest BCUT2D eigenvalue weighted by molar-refractivity contribution is 7.88. The number of nitrogens with one attached hydrogen (secondary N) is 2. The monoisotopic (exact) mass is 298 g/mol. The van der Waals surface area contributed by atoms with E-state index in [1.165, 1.54) is 0 Å². The Morgan fingerprint density at radius 3 is 2.47 bits per heavy atom. The molecule has 0 bridgehead atoms. The van der Waals surface area contributed by atoms with E-state index in [2.05, 4.69) is 10.0 Å². The summed E-state index contributed by atoms with van der Waals surface area (Å²) in [6.45, 7) is 5.43. The normalized spacial score (nSPS) is 14.6. The molecule has 116 valence electrons. The van der Waals surface area contributed by atoms with Gasteiger partial charge >= 0.3 is 0 Å². The molecule has 0 aromatic carbocycles. The molecule has 0 aromatic rings. The molecule has 0 amide bonds. The van der Waals surface area contributed by atoms with Crippen LogP contribution in [-0.2, 0) is 19.5 Å². The van der Waals surface area contributed by atoms with Crippen molar-refractivity contribution in [1.82, 2.24) is 10.0 Å². The van der Waals surface area contributed by atoms with E-state index < -0.39 is 21.7 Å². The summed E-state index contributed by atoms with van der Waals surface area (Å²) in [5.41, 5.74) is -0.607. The highest BCUT2D eigenvalue weighted by Gasteiger charge is 2.21. The van der Waals surface area contributed by atoms with Gasteiger partial charge in [-0.1, -0.05) is 0 Å². The first-order chi connectivity index (χ1) is 8.66. The van der Waals surface area contributed by atoms with E-state index in [9.17, 15) is 13.5 Å². The van der Waals surface area contributed by atoms with Crippen LogP contribution in [0.3, 0.4) is 0 Å². The Morgan fingerprint density at radius 1 is 1.32 bits per heavy atom. The van der Waals surface area contributed by atoms with Gasteiger partial charge in [0.05, 0.1) is 32.2 Å². The van der Waals surface area contributed by atoms with Crippen LogP contribution >= 0.6 is 0 Å². The van der Waals surface area contributed by atoms with E-state index >= 15 is 0 Å². The van der Waals surface area contributed by atoms with Gasteiger partial charge in [-0.05, 0) is 13.8 Å². The number of aliphatic hydroxyl groups is 1. The van der Waals surface area contributed by atoms with Crippen LogP contribution in [0.4, 0.5) is 0 Å². The summed E-state index contributed by atoms with van der Waals surface area (Å²) in [5, 5.41) is 12.6. The van der Waals surface area contributed by atoms with Gasteiger partial charge in [-0.25, -0.2) is 13.1 Å². The van der Waals surface area contributed by atoms with Crippen LogP contribution in [0.2, 0.25) is 0 Å². The minimum Gasteiger partial charge on any atom is -0.389 e. The Hall–Kier alpha value is -0.250. The van der Waals surface area contributed by atoms with Crippen molar-refractivity contribution < 1.29 is 23.0 Å². The Bertz CT molecular complexity index is 332. The van der Waals surface area contributed by atoms with E-state index in [1.807, 2.05) is 0 Å². The minimum atomic E-state index is -3.24. The van der Waals surface area contributed by atoms with Gasteiger partial charge in [0.1, 0.15) is 0 Å². The number of sulfonamides is 1. The number of aliphatic hydroxyl groups excluding tert-OH is 1. The molecule has 0 radical (unpaired) electrons. The number of methoxy groups -OCH3 is 1. The van der Waals surface area contributed by atoms with Gasteiger partial charge in [-0.15, -0.1) is 0 Å². The smallest absolute Gasteiger partial charge is 0.209 e. The van der Waals surface area contributed by atoms with Crippen molar-refractivity contribution in [3.63, 3.8) is 0 Å². The van der Waals surface area contributed by atoms with Crippen LogP contribution in [0, 0.1) is 0 Å². The molecule has 0 saturated heterocycles. The van der Waals surface area contributed by atoms with Gasteiger partial charge in [0.25, 0.3) is 0 Å². The van der Waals surface area contributed by atoms with Gasteiger partial charge < -0.3 is 19.9 Å². The molecule has 3 N–H and O–H groups in total. The van der Waals surface area contributed by atoms with Crippen LogP contribution in [0.25, 0.3) is 0 Å². The van der Waals surface area contributed by atoms with E-state index in [1.54, 1.807) is 21.0 Å². The number of rotatable bonds is 11. The zero-order valence-electron chi connectivity index (χ0n) is 12.1. The van der Waals surface area contributed by atoms with Crippen molar-refractivity contribution in [2.75, 3.05) is 46.3 Å². The molecule has 0 heterocycles. The summed E-state index contributed by atoms with van der Waals surface area (Å²) in [6.07, 6.45) is 0.485. The zero-order valence-corrected chi connectivity index (χ0v) is 12.9. The fourth-order valence-electron chi connectivity index (χ4n) is 1.51. The molecule has 1 atom stereocenters. The summed E-state index contributed by atoms with van der Waals surface area (Å²) in [7, 11) is -1.66. The Balaban J connectivity index is 3.77. The predicted octanol–water partition coefficient (Wildman–Crippen LogP) is -1.07. The topological polar surface area (TPSA) is 96.9 Å². The number of ether oxygens (including phenoxy) is 2. The third kappa shape index (κ3) is 12.5. The summed E-state index contributed by atoms with van der Waals surface area (Å²) in [4.78, 5) is 0. The molecule has 19 heavy (non-hydrogen) atoms. The first kappa shape index (κ1) is 18.8. The van der Waals surface area contributed by atoms with Gasteiger partial charge in [-0.3, -0.25) is 0 Å². The van der Waals surface area contributed by atoms with Crippen LogP contribution in [0.5, 0.6) is 0 Å². The van der Waals surface area contributed by atoms with Crippen LogP contribution in [0.1, 0.15) is 13.8 Å². The Labute approximate surface area is 115 Å². The lowest BCUT2D eigenvalue weighted by Crippen LogP contribution is -2.51. The van der Waals surface area contributed by atoms with E-state index in [0.717, 1.165) is 6.26 Å². The Morgan fingerprint density at radius 2 is 1.95 bits per heavy atom.